The highest BCUT2D eigenvalue weighted by Crippen LogP contribution is 2.31. The first-order valence-corrected chi connectivity index (χ1v) is 8.74. The smallest absolute Gasteiger partial charge is 0.252 e. The molecule has 2 aromatic rings. The van der Waals surface area contributed by atoms with Crippen molar-refractivity contribution in [3.8, 4) is 11.5 Å². The van der Waals surface area contributed by atoms with Gasteiger partial charge in [-0.3, -0.25) is 4.79 Å². The molecule has 2 rings (SSSR count). The van der Waals surface area contributed by atoms with Gasteiger partial charge in [-0.25, -0.2) is 0 Å². The van der Waals surface area contributed by atoms with Gasteiger partial charge in [-0.2, -0.15) is 0 Å². The van der Waals surface area contributed by atoms with Crippen molar-refractivity contribution >= 4 is 5.91 Å². The minimum atomic E-state index is -0.137. The number of rotatable bonds is 7. The van der Waals surface area contributed by atoms with Crippen LogP contribution in [0, 0.1) is 13.8 Å². The maximum absolute atomic E-state index is 12.6. The third-order valence-electron chi connectivity index (χ3n) is 4.26. The second-order valence-corrected chi connectivity index (χ2v) is 6.01. The van der Waals surface area contributed by atoms with Crippen LogP contribution in [-0.4, -0.2) is 19.1 Å². The largest absolute Gasteiger partial charge is 0.490 e. The number of ether oxygens (including phenoxy) is 2. The maximum atomic E-state index is 12.6. The molecule has 0 aliphatic rings. The van der Waals surface area contributed by atoms with Crippen LogP contribution in [0.5, 0.6) is 11.5 Å². The van der Waals surface area contributed by atoms with Gasteiger partial charge in [0.05, 0.1) is 19.3 Å². The van der Waals surface area contributed by atoms with Crippen molar-refractivity contribution in [2.24, 2.45) is 0 Å². The van der Waals surface area contributed by atoms with E-state index in [9.17, 15) is 4.79 Å². The van der Waals surface area contributed by atoms with Crippen molar-refractivity contribution in [2.45, 2.75) is 40.7 Å². The molecule has 1 amide bonds. The van der Waals surface area contributed by atoms with Crippen LogP contribution in [-0.2, 0) is 0 Å². The summed E-state index contributed by atoms with van der Waals surface area (Å²) in [6.07, 6.45) is 0. The van der Waals surface area contributed by atoms with Gasteiger partial charge < -0.3 is 14.8 Å². The van der Waals surface area contributed by atoms with Crippen LogP contribution in [0.25, 0.3) is 0 Å². The molecule has 0 fully saturated rings. The average molecular weight is 341 g/mol. The number of amides is 1. The molecule has 0 aromatic heterocycles. The first-order chi connectivity index (χ1) is 12.0. The summed E-state index contributed by atoms with van der Waals surface area (Å²) in [4.78, 5) is 12.6. The van der Waals surface area contributed by atoms with Gasteiger partial charge in [0.2, 0.25) is 0 Å². The van der Waals surface area contributed by atoms with E-state index in [2.05, 4.69) is 5.32 Å². The molecule has 1 atom stereocenters. The Hall–Kier alpha value is -2.49. The third kappa shape index (κ3) is 4.53. The molecular weight excluding hydrogens is 314 g/mol. The molecule has 0 aliphatic carbocycles. The normalized spacial score (nSPS) is 11.7. The van der Waals surface area contributed by atoms with Crippen molar-refractivity contribution in [3.05, 3.63) is 58.7 Å². The van der Waals surface area contributed by atoms with Crippen LogP contribution in [0.4, 0.5) is 0 Å². The molecule has 4 nitrogen and oxygen atoms in total. The number of carbonyl (C=O) groups excluding carboxylic acids is 1. The zero-order valence-electron chi connectivity index (χ0n) is 15.7. The lowest BCUT2D eigenvalue weighted by Gasteiger charge is -2.18. The number of benzene rings is 2. The Morgan fingerprint density at radius 1 is 1.04 bits per heavy atom. The Morgan fingerprint density at radius 2 is 1.72 bits per heavy atom. The first-order valence-electron chi connectivity index (χ1n) is 8.74. The second kappa shape index (κ2) is 8.56. The van der Waals surface area contributed by atoms with Crippen molar-refractivity contribution in [1.29, 1.82) is 0 Å². The Morgan fingerprint density at radius 3 is 2.40 bits per heavy atom. The summed E-state index contributed by atoms with van der Waals surface area (Å²) in [6, 6.07) is 11.4. The highest BCUT2D eigenvalue weighted by molar-refractivity contribution is 5.96. The van der Waals surface area contributed by atoms with Crippen LogP contribution in [0.1, 0.15) is 53.9 Å². The van der Waals surface area contributed by atoms with Crippen LogP contribution in [0.15, 0.2) is 36.4 Å². The molecule has 0 saturated carbocycles. The van der Waals surface area contributed by atoms with Crippen LogP contribution < -0.4 is 14.8 Å². The van der Waals surface area contributed by atoms with Crippen LogP contribution in [0.2, 0.25) is 0 Å². The van der Waals surface area contributed by atoms with E-state index < -0.39 is 0 Å². The second-order valence-electron chi connectivity index (χ2n) is 6.01. The molecule has 0 radical (unpaired) electrons. The Labute approximate surface area is 150 Å². The van der Waals surface area contributed by atoms with E-state index in [1.54, 1.807) is 0 Å². The standard InChI is InChI=1S/C21H27NO3/c1-6-24-19-12-11-17(13-20(19)25-7-2)16(5)22-21(23)18-10-8-9-14(3)15(18)4/h8-13,16H,6-7H2,1-5H3,(H,22,23)/t16-/m0/s1. The summed E-state index contributed by atoms with van der Waals surface area (Å²) in [6.45, 7) is 11.0. The van der Waals surface area contributed by atoms with E-state index in [0.29, 0.717) is 24.5 Å². The molecule has 4 heteroatoms. The molecule has 1 N–H and O–H groups in total. The lowest BCUT2D eigenvalue weighted by atomic mass is 10.0. The Bertz CT molecular complexity index is 740. The van der Waals surface area contributed by atoms with E-state index in [1.165, 1.54) is 0 Å². The molecule has 0 aliphatic heterocycles. The van der Waals surface area contributed by atoms with Gasteiger partial charge in [0, 0.05) is 5.56 Å². The monoisotopic (exact) mass is 341 g/mol. The van der Waals surface area contributed by atoms with Crippen molar-refractivity contribution in [3.63, 3.8) is 0 Å². The van der Waals surface area contributed by atoms with Crippen LogP contribution >= 0.6 is 0 Å². The van der Waals surface area contributed by atoms with Crippen molar-refractivity contribution in [1.82, 2.24) is 5.32 Å². The van der Waals surface area contributed by atoms with Crippen molar-refractivity contribution < 1.29 is 14.3 Å². The van der Waals surface area contributed by atoms with Gasteiger partial charge in [-0.05, 0) is 69.5 Å². The molecule has 25 heavy (non-hydrogen) atoms. The zero-order chi connectivity index (χ0) is 18.4. The number of aryl methyl sites for hydroxylation is 1. The van der Waals surface area contributed by atoms with Crippen LogP contribution in [0.3, 0.4) is 0 Å². The molecule has 134 valence electrons. The number of hydrogen-bond donors (Lipinski definition) is 1. The third-order valence-corrected chi connectivity index (χ3v) is 4.26. The predicted octanol–water partition coefficient (Wildman–Crippen LogP) is 4.59. The summed E-state index contributed by atoms with van der Waals surface area (Å²) in [7, 11) is 0. The SMILES string of the molecule is CCOc1ccc([C@H](C)NC(=O)c2cccc(C)c2C)cc1OCC. The van der Waals surface area contributed by atoms with E-state index >= 15 is 0 Å². The summed E-state index contributed by atoms with van der Waals surface area (Å²) < 4.78 is 11.3. The minimum absolute atomic E-state index is 0.0689. The average Bonchev–Trinajstić information content (AvgIpc) is 2.59. The molecule has 2 aromatic carbocycles. The van der Waals surface area contributed by atoms with E-state index in [0.717, 1.165) is 22.4 Å². The lowest BCUT2D eigenvalue weighted by Crippen LogP contribution is -2.27. The number of hydrogen-bond acceptors (Lipinski definition) is 3. The number of carbonyl (C=O) groups is 1. The highest BCUT2D eigenvalue weighted by atomic mass is 16.5. The Kier molecular flexibility index (Phi) is 6.45. The summed E-state index contributed by atoms with van der Waals surface area (Å²) in [5.74, 6) is 1.36. The highest BCUT2D eigenvalue weighted by Gasteiger charge is 2.16. The molecule has 0 spiro atoms. The molecule has 0 saturated heterocycles. The number of nitrogens with one attached hydrogen (secondary N) is 1. The van der Waals surface area contributed by atoms with E-state index in [1.807, 2.05) is 71.0 Å². The fourth-order valence-electron chi connectivity index (χ4n) is 2.69. The maximum Gasteiger partial charge on any atom is 0.252 e. The summed E-state index contributed by atoms with van der Waals surface area (Å²) in [5, 5.41) is 3.07. The van der Waals surface area contributed by atoms with Gasteiger partial charge in [0.15, 0.2) is 11.5 Å². The van der Waals surface area contributed by atoms with Gasteiger partial charge >= 0.3 is 0 Å². The van der Waals surface area contributed by atoms with Gasteiger partial charge in [0.25, 0.3) is 5.91 Å². The summed E-state index contributed by atoms with van der Waals surface area (Å²) >= 11 is 0. The zero-order valence-corrected chi connectivity index (χ0v) is 15.7. The van der Waals surface area contributed by atoms with Gasteiger partial charge in [-0.15, -0.1) is 0 Å². The van der Waals surface area contributed by atoms with E-state index in [4.69, 9.17) is 9.47 Å². The Balaban J connectivity index is 2.19. The first kappa shape index (κ1) is 18.8. The van der Waals surface area contributed by atoms with Gasteiger partial charge in [0.1, 0.15) is 0 Å². The fraction of sp³-hybridized carbons (Fsp3) is 0.381. The predicted molar refractivity (Wildman–Crippen MR) is 101 cm³/mol. The lowest BCUT2D eigenvalue weighted by molar-refractivity contribution is 0.0939. The van der Waals surface area contributed by atoms with Gasteiger partial charge in [-0.1, -0.05) is 18.2 Å². The quantitative estimate of drug-likeness (QED) is 0.801. The molecule has 0 heterocycles. The topological polar surface area (TPSA) is 47.6 Å². The summed E-state index contributed by atoms with van der Waals surface area (Å²) in [5.41, 5.74) is 3.81. The molecule has 0 unspecified atom stereocenters. The van der Waals surface area contributed by atoms with Crippen molar-refractivity contribution in [2.75, 3.05) is 13.2 Å². The fourth-order valence-corrected chi connectivity index (χ4v) is 2.69. The van der Waals surface area contributed by atoms with E-state index in [-0.39, 0.29) is 11.9 Å². The molecular formula is C21H27NO3. The molecule has 0 bridgehead atoms. The minimum Gasteiger partial charge on any atom is -0.490 e.